The van der Waals surface area contributed by atoms with Crippen LogP contribution in [-0.2, 0) is 4.79 Å². The SMILES string of the molecule is NC1CCN(C(=O)CO)C1. The average Bonchev–Trinajstić information content (AvgIpc) is 2.34. The molecule has 1 aliphatic rings. The third-order valence-corrected chi connectivity index (χ3v) is 1.71. The lowest BCUT2D eigenvalue weighted by Crippen LogP contribution is -2.33. The van der Waals surface area contributed by atoms with Crippen LogP contribution >= 0.6 is 0 Å². The first-order valence-electron chi connectivity index (χ1n) is 3.38. The summed E-state index contributed by atoms with van der Waals surface area (Å²) in [6.07, 6.45) is 0.853. The maximum absolute atomic E-state index is 10.8. The fraction of sp³-hybridized carbons (Fsp3) is 0.833. The Morgan fingerprint density at radius 2 is 2.50 bits per heavy atom. The van der Waals surface area contributed by atoms with E-state index in [-0.39, 0.29) is 11.9 Å². The Morgan fingerprint density at radius 1 is 1.80 bits per heavy atom. The Labute approximate surface area is 59.6 Å². The Kier molecular flexibility index (Phi) is 2.24. The molecule has 1 saturated heterocycles. The molecule has 1 amide bonds. The van der Waals surface area contributed by atoms with E-state index in [9.17, 15) is 4.79 Å². The fourth-order valence-electron chi connectivity index (χ4n) is 1.11. The van der Waals surface area contributed by atoms with Crippen molar-refractivity contribution in [3.05, 3.63) is 0 Å². The van der Waals surface area contributed by atoms with Crippen molar-refractivity contribution in [1.82, 2.24) is 4.90 Å². The number of aliphatic hydroxyl groups is 1. The van der Waals surface area contributed by atoms with Crippen molar-refractivity contribution >= 4 is 5.91 Å². The Hall–Kier alpha value is -0.610. The van der Waals surface area contributed by atoms with Gasteiger partial charge in [-0.15, -0.1) is 0 Å². The molecule has 3 N–H and O–H groups in total. The van der Waals surface area contributed by atoms with Crippen LogP contribution in [0.4, 0.5) is 0 Å². The van der Waals surface area contributed by atoms with Crippen LogP contribution in [0.1, 0.15) is 6.42 Å². The van der Waals surface area contributed by atoms with E-state index < -0.39 is 6.61 Å². The van der Waals surface area contributed by atoms with Crippen molar-refractivity contribution in [2.75, 3.05) is 19.7 Å². The minimum atomic E-state index is -0.396. The van der Waals surface area contributed by atoms with Gasteiger partial charge < -0.3 is 15.7 Å². The molecule has 10 heavy (non-hydrogen) atoms. The predicted octanol–water partition coefficient (Wildman–Crippen LogP) is -1.46. The first-order valence-corrected chi connectivity index (χ1v) is 3.38. The summed E-state index contributed by atoms with van der Waals surface area (Å²) in [5, 5.41) is 8.45. The molecule has 0 spiro atoms. The number of hydrogen-bond donors (Lipinski definition) is 2. The molecule has 0 saturated carbocycles. The summed E-state index contributed by atoms with van der Waals surface area (Å²) in [7, 11) is 0. The van der Waals surface area contributed by atoms with E-state index in [2.05, 4.69) is 0 Å². The van der Waals surface area contributed by atoms with Crippen LogP contribution in [0.2, 0.25) is 0 Å². The molecule has 0 aromatic carbocycles. The molecule has 1 aliphatic heterocycles. The molecule has 0 bridgehead atoms. The first-order chi connectivity index (χ1) is 4.74. The molecule has 4 heteroatoms. The lowest BCUT2D eigenvalue weighted by atomic mass is 10.3. The second-order valence-electron chi connectivity index (χ2n) is 2.55. The number of nitrogens with two attached hydrogens (primary N) is 1. The molecule has 0 aromatic rings. The quantitative estimate of drug-likeness (QED) is 0.472. The van der Waals surface area contributed by atoms with E-state index in [1.165, 1.54) is 0 Å². The number of nitrogens with zero attached hydrogens (tertiary/aromatic N) is 1. The van der Waals surface area contributed by atoms with Crippen LogP contribution in [0.5, 0.6) is 0 Å². The summed E-state index contributed by atoms with van der Waals surface area (Å²) >= 11 is 0. The van der Waals surface area contributed by atoms with Gasteiger partial charge in [0.05, 0.1) is 0 Å². The molecule has 1 rings (SSSR count). The number of carbonyl (C=O) groups excluding carboxylic acids is 1. The molecule has 1 atom stereocenters. The van der Waals surface area contributed by atoms with E-state index in [0.29, 0.717) is 13.1 Å². The van der Waals surface area contributed by atoms with Gasteiger partial charge in [-0.3, -0.25) is 4.79 Å². The van der Waals surface area contributed by atoms with Crippen molar-refractivity contribution in [2.45, 2.75) is 12.5 Å². The van der Waals surface area contributed by atoms with E-state index in [4.69, 9.17) is 10.8 Å². The maximum atomic E-state index is 10.8. The van der Waals surface area contributed by atoms with Crippen LogP contribution in [0.3, 0.4) is 0 Å². The monoisotopic (exact) mass is 144 g/mol. The van der Waals surface area contributed by atoms with Crippen LogP contribution in [0, 0.1) is 0 Å². The molecule has 58 valence electrons. The number of aliphatic hydroxyl groups excluding tert-OH is 1. The molecule has 1 heterocycles. The van der Waals surface area contributed by atoms with Crippen LogP contribution in [-0.4, -0.2) is 41.7 Å². The zero-order valence-electron chi connectivity index (χ0n) is 5.79. The number of hydrogen-bond acceptors (Lipinski definition) is 3. The van der Waals surface area contributed by atoms with E-state index in [1.807, 2.05) is 0 Å². The third kappa shape index (κ3) is 1.46. The zero-order chi connectivity index (χ0) is 7.56. The van der Waals surface area contributed by atoms with Crippen molar-refractivity contribution in [1.29, 1.82) is 0 Å². The third-order valence-electron chi connectivity index (χ3n) is 1.71. The number of carbonyl (C=O) groups is 1. The van der Waals surface area contributed by atoms with E-state index in [1.54, 1.807) is 4.90 Å². The lowest BCUT2D eigenvalue weighted by Gasteiger charge is -2.12. The maximum Gasteiger partial charge on any atom is 0.248 e. The second-order valence-corrected chi connectivity index (χ2v) is 2.55. The van der Waals surface area contributed by atoms with Crippen molar-refractivity contribution in [2.24, 2.45) is 5.73 Å². The molecule has 1 unspecified atom stereocenters. The van der Waals surface area contributed by atoms with E-state index in [0.717, 1.165) is 6.42 Å². The van der Waals surface area contributed by atoms with Gasteiger partial charge in [-0.1, -0.05) is 0 Å². The van der Waals surface area contributed by atoms with Gasteiger partial charge in [0.25, 0.3) is 0 Å². The van der Waals surface area contributed by atoms with Crippen LogP contribution in [0.15, 0.2) is 0 Å². The van der Waals surface area contributed by atoms with Gasteiger partial charge in [-0.2, -0.15) is 0 Å². The summed E-state index contributed by atoms with van der Waals surface area (Å²) in [5.41, 5.74) is 5.54. The highest BCUT2D eigenvalue weighted by atomic mass is 16.3. The zero-order valence-corrected chi connectivity index (χ0v) is 5.79. The van der Waals surface area contributed by atoms with Crippen molar-refractivity contribution in [3.63, 3.8) is 0 Å². The smallest absolute Gasteiger partial charge is 0.248 e. The van der Waals surface area contributed by atoms with Crippen molar-refractivity contribution < 1.29 is 9.90 Å². The number of amides is 1. The molecule has 0 radical (unpaired) electrons. The van der Waals surface area contributed by atoms with Crippen LogP contribution < -0.4 is 5.73 Å². The van der Waals surface area contributed by atoms with Gasteiger partial charge in [-0.25, -0.2) is 0 Å². The Balaban J connectivity index is 2.37. The lowest BCUT2D eigenvalue weighted by molar-refractivity contribution is -0.133. The average molecular weight is 144 g/mol. The number of likely N-dealkylation sites (tertiary alicyclic amines) is 1. The predicted molar refractivity (Wildman–Crippen MR) is 36.3 cm³/mol. The Bertz CT molecular complexity index is 138. The summed E-state index contributed by atoms with van der Waals surface area (Å²) < 4.78 is 0. The number of rotatable bonds is 1. The summed E-state index contributed by atoms with van der Waals surface area (Å²) in [6, 6.07) is 0.107. The molecule has 1 fully saturated rings. The van der Waals surface area contributed by atoms with Crippen LogP contribution in [0.25, 0.3) is 0 Å². The van der Waals surface area contributed by atoms with Gasteiger partial charge >= 0.3 is 0 Å². The molecule has 4 nitrogen and oxygen atoms in total. The van der Waals surface area contributed by atoms with Gasteiger partial charge in [-0.05, 0) is 6.42 Å². The molecule has 0 aromatic heterocycles. The molecular formula is C6H12N2O2. The second kappa shape index (κ2) is 2.98. The minimum absolute atomic E-state index is 0.107. The highest BCUT2D eigenvalue weighted by Gasteiger charge is 2.22. The first kappa shape index (κ1) is 7.50. The highest BCUT2D eigenvalue weighted by molar-refractivity contribution is 5.77. The highest BCUT2D eigenvalue weighted by Crippen LogP contribution is 2.05. The summed E-state index contributed by atoms with van der Waals surface area (Å²) in [4.78, 5) is 12.4. The van der Waals surface area contributed by atoms with Crippen molar-refractivity contribution in [3.8, 4) is 0 Å². The standard InChI is InChI=1S/C6H12N2O2/c7-5-1-2-8(3-5)6(10)4-9/h5,9H,1-4,7H2. The van der Waals surface area contributed by atoms with Gasteiger partial charge in [0.2, 0.25) is 5.91 Å². The fourth-order valence-corrected chi connectivity index (χ4v) is 1.11. The topological polar surface area (TPSA) is 66.6 Å². The largest absolute Gasteiger partial charge is 0.387 e. The summed E-state index contributed by atoms with van der Waals surface area (Å²) in [6.45, 7) is 0.896. The van der Waals surface area contributed by atoms with Gasteiger partial charge in [0, 0.05) is 19.1 Å². The van der Waals surface area contributed by atoms with E-state index >= 15 is 0 Å². The van der Waals surface area contributed by atoms with Gasteiger partial charge in [0.15, 0.2) is 0 Å². The summed E-state index contributed by atoms with van der Waals surface area (Å²) in [5.74, 6) is -0.215. The molecule has 0 aliphatic carbocycles. The molecular weight excluding hydrogens is 132 g/mol. The van der Waals surface area contributed by atoms with Gasteiger partial charge in [0.1, 0.15) is 6.61 Å². The Morgan fingerprint density at radius 3 is 2.90 bits per heavy atom. The normalized spacial score (nSPS) is 25.4. The minimum Gasteiger partial charge on any atom is -0.387 e.